The van der Waals surface area contributed by atoms with E-state index < -0.39 is 227 Å². The van der Waals surface area contributed by atoms with Gasteiger partial charge >= 0.3 is 71.6 Å². The normalized spacial score (nSPS) is 32.7. The Hall–Kier alpha value is -7.21. The van der Waals surface area contributed by atoms with Gasteiger partial charge in [0.1, 0.15) is 75.2 Å². The summed E-state index contributed by atoms with van der Waals surface area (Å²) < 4.78 is 110. The van der Waals surface area contributed by atoms with Gasteiger partial charge in [-0.3, -0.25) is 62.3 Å². The van der Waals surface area contributed by atoms with Crippen LogP contribution in [0.25, 0.3) is 0 Å². The molecular formula is C50H69NO33. The summed E-state index contributed by atoms with van der Waals surface area (Å²) in [7, 11) is 0. The van der Waals surface area contributed by atoms with Gasteiger partial charge in [-0.25, -0.2) is 0 Å². The van der Waals surface area contributed by atoms with E-state index in [1.165, 1.54) is 0 Å². The fourth-order valence-corrected chi connectivity index (χ4v) is 9.16. The quantitative estimate of drug-likeness (QED) is 0.0773. The van der Waals surface area contributed by atoms with E-state index in [2.05, 4.69) is 5.32 Å². The molecule has 20 atom stereocenters. The van der Waals surface area contributed by atoms with Crippen molar-refractivity contribution < 1.29 is 157 Å². The number of rotatable bonds is 23. The van der Waals surface area contributed by atoms with Crippen molar-refractivity contribution >= 4 is 77.5 Å². The maximum Gasteiger partial charge on any atom is 0.303 e. The van der Waals surface area contributed by atoms with Gasteiger partial charge in [0.25, 0.3) is 0 Å². The first-order valence-corrected chi connectivity index (χ1v) is 25.7. The molecule has 4 saturated heterocycles. The monoisotopic (exact) mass is 1210 g/mol. The largest absolute Gasteiger partial charge is 0.463 e. The molecule has 0 spiro atoms. The van der Waals surface area contributed by atoms with Crippen LogP contribution < -0.4 is 5.32 Å². The molecule has 34 nitrogen and oxygen atoms in total. The summed E-state index contributed by atoms with van der Waals surface area (Å²) in [5, 5.41) is 13.6. The number of hydrogen-bond donors (Lipinski definition) is 2. The van der Waals surface area contributed by atoms with Gasteiger partial charge < -0.3 is 100 Å². The highest BCUT2D eigenvalue weighted by Gasteiger charge is 2.61. The summed E-state index contributed by atoms with van der Waals surface area (Å²) in [5.74, 6) is -13.1. The molecule has 4 fully saturated rings. The molecule has 84 heavy (non-hydrogen) atoms. The van der Waals surface area contributed by atoms with Crippen LogP contribution in [0, 0.1) is 0 Å². The second kappa shape index (κ2) is 31.6. The Bertz CT molecular complexity index is 2410. The Morgan fingerprint density at radius 2 is 0.560 bits per heavy atom. The average Bonchev–Trinajstić information content (AvgIpc) is 2.53. The molecule has 4 aliphatic rings. The highest BCUT2D eigenvalue weighted by atomic mass is 16.8. The number of aliphatic hydroxyl groups excluding tert-OH is 1. The van der Waals surface area contributed by atoms with Gasteiger partial charge in [0.2, 0.25) is 5.91 Å². The summed E-state index contributed by atoms with van der Waals surface area (Å²) in [4.78, 5) is 166. The Morgan fingerprint density at radius 1 is 0.298 bits per heavy atom. The second-order valence-electron chi connectivity index (χ2n) is 19.0. The average molecular weight is 1210 g/mol. The smallest absolute Gasteiger partial charge is 0.303 e. The first kappa shape index (κ1) is 69.3. The van der Waals surface area contributed by atoms with Crippen molar-refractivity contribution in [3.05, 3.63) is 0 Å². The molecule has 0 radical (unpaired) electrons. The predicted molar refractivity (Wildman–Crippen MR) is 260 cm³/mol. The first-order chi connectivity index (χ1) is 39.3. The molecular weight excluding hydrogens is 1140 g/mol. The van der Waals surface area contributed by atoms with Gasteiger partial charge in [-0.05, 0) is 0 Å². The topological polar surface area (TPSA) is 430 Å². The van der Waals surface area contributed by atoms with Crippen molar-refractivity contribution in [3.8, 4) is 0 Å². The van der Waals surface area contributed by atoms with Crippen LogP contribution in [0.1, 0.15) is 90.0 Å². The molecule has 4 aliphatic heterocycles. The number of aliphatic hydroxyl groups is 1. The summed E-state index contributed by atoms with van der Waals surface area (Å²) in [6.45, 7) is 9.14. The predicted octanol–water partition coefficient (Wildman–Crippen LogP) is -2.76. The van der Waals surface area contributed by atoms with Gasteiger partial charge in [0, 0.05) is 90.0 Å². The third kappa shape index (κ3) is 20.5. The van der Waals surface area contributed by atoms with Crippen molar-refractivity contribution in [2.45, 2.75) is 213 Å². The zero-order chi connectivity index (χ0) is 63.0. The molecule has 1 amide bonds. The SMILES string of the molecule is CC(=O)N[C@H]1[C@H](O[C@H]2[C@@H](OC(C)=O)[C@@H](COC(C)=O)O[C@@H](O[C@H]3[C@H](OC(C)=O)[C@@H](OC(C)=O)C(O)O[C@@H]3COC(C)=O)[C@@H]2OC(C)=O)O[C@H](COC(C)=O)[C@@H](O[C@@H]2O[C@H](COC(C)=O)[C@H](OC(C)=O)[C@H](OC(C)=O)[C@H]2OC(C)=O)[C@@H]1OC(C)=O. The highest BCUT2D eigenvalue weighted by Crippen LogP contribution is 2.39. The molecule has 0 aromatic rings. The van der Waals surface area contributed by atoms with E-state index in [9.17, 15) is 67.4 Å². The van der Waals surface area contributed by atoms with Crippen molar-refractivity contribution in [1.29, 1.82) is 0 Å². The number of ether oxygens (including phenoxy) is 19. The van der Waals surface area contributed by atoms with Crippen molar-refractivity contribution in [1.82, 2.24) is 5.32 Å². The minimum absolute atomic E-state index is 0.742. The van der Waals surface area contributed by atoms with Crippen LogP contribution in [0.5, 0.6) is 0 Å². The summed E-state index contributed by atoms with van der Waals surface area (Å²) in [6.07, 6.45) is -36.7. The molecule has 1 unspecified atom stereocenters. The van der Waals surface area contributed by atoms with Gasteiger partial charge in [-0.1, -0.05) is 0 Å². The number of carbonyl (C=O) groups excluding carboxylic acids is 13. The lowest BCUT2D eigenvalue weighted by molar-refractivity contribution is -0.380. The van der Waals surface area contributed by atoms with Crippen LogP contribution in [-0.4, -0.2) is 232 Å². The molecule has 4 rings (SSSR count). The minimum Gasteiger partial charge on any atom is -0.463 e. The van der Waals surface area contributed by atoms with Crippen LogP contribution in [0.4, 0.5) is 0 Å². The van der Waals surface area contributed by atoms with Crippen LogP contribution in [0.15, 0.2) is 0 Å². The lowest BCUT2D eigenvalue weighted by Crippen LogP contribution is -2.71. The molecule has 34 heteroatoms. The van der Waals surface area contributed by atoms with Crippen LogP contribution >= 0.6 is 0 Å². The Kier molecular flexibility index (Phi) is 26.1. The molecule has 0 aromatic heterocycles. The van der Waals surface area contributed by atoms with E-state index in [1.807, 2.05) is 0 Å². The van der Waals surface area contributed by atoms with Crippen molar-refractivity contribution in [3.63, 3.8) is 0 Å². The molecule has 4 heterocycles. The highest BCUT2D eigenvalue weighted by molar-refractivity contribution is 5.74. The van der Waals surface area contributed by atoms with Gasteiger partial charge in [-0.2, -0.15) is 0 Å². The number of carbonyl (C=O) groups is 13. The second-order valence-corrected chi connectivity index (χ2v) is 19.0. The first-order valence-electron chi connectivity index (χ1n) is 25.7. The number of amides is 1. The van der Waals surface area contributed by atoms with Gasteiger partial charge in [0.05, 0.1) is 0 Å². The van der Waals surface area contributed by atoms with E-state index in [-0.39, 0.29) is 0 Å². The van der Waals surface area contributed by atoms with E-state index >= 15 is 0 Å². The maximum absolute atomic E-state index is 13.4. The third-order valence-electron chi connectivity index (χ3n) is 11.9. The number of hydrogen-bond acceptors (Lipinski definition) is 33. The molecule has 0 aliphatic carbocycles. The molecule has 0 saturated carbocycles. The third-order valence-corrected chi connectivity index (χ3v) is 11.9. The summed E-state index contributed by atoms with van der Waals surface area (Å²) in [6, 6.07) is -1.92. The Labute approximate surface area is 478 Å². The fraction of sp³-hybridized carbons (Fsp3) is 0.740. The number of esters is 12. The zero-order valence-electron chi connectivity index (χ0n) is 47.9. The zero-order valence-corrected chi connectivity index (χ0v) is 47.9. The summed E-state index contributed by atoms with van der Waals surface area (Å²) in [5.41, 5.74) is 0. The Morgan fingerprint density at radius 3 is 0.929 bits per heavy atom. The fourth-order valence-electron chi connectivity index (χ4n) is 9.16. The van der Waals surface area contributed by atoms with Gasteiger partial charge in [0.15, 0.2) is 74.0 Å². The van der Waals surface area contributed by atoms with E-state index in [1.54, 1.807) is 0 Å². The van der Waals surface area contributed by atoms with Crippen LogP contribution in [-0.2, 0) is 152 Å². The molecule has 2 N–H and O–H groups in total. The van der Waals surface area contributed by atoms with Crippen molar-refractivity contribution in [2.24, 2.45) is 0 Å². The van der Waals surface area contributed by atoms with E-state index in [0.717, 1.165) is 90.0 Å². The van der Waals surface area contributed by atoms with E-state index in [0.29, 0.717) is 0 Å². The maximum atomic E-state index is 13.4. The van der Waals surface area contributed by atoms with Crippen LogP contribution in [0.2, 0.25) is 0 Å². The molecule has 0 aromatic carbocycles. The van der Waals surface area contributed by atoms with Crippen LogP contribution in [0.3, 0.4) is 0 Å². The summed E-state index contributed by atoms with van der Waals surface area (Å²) >= 11 is 0. The minimum atomic E-state index is -2.17. The van der Waals surface area contributed by atoms with Crippen molar-refractivity contribution in [2.75, 3.05) is 26.4 Å². The molecule has 0 bridgehead atoms. The van der Waals surface area contributed by atoms with Gasteiger partial charge in [-0.15, -0.1) is 0 Å². The van der Waals surface area contributed by atoms with E-state index in [4.69, 9.17) is 90.0 Å². The lowest BCUT2D eigenvalue weighted by Gasteiger charge is -2.51. The molecule has 472 valence electrons. The Balaban J connectivity index is 2.02. The number of nitrogens with one attached hydrogen (secondary N) is 1. The standard InChI is InChI=1S/C50H69NO33/c1-18(52)51-35-40(72-25(8)59)36(82-49-45(76-29(12)63)42(74-27(10)61)37(70-23(6)57)33(80-49)16-68-21(4)55)32(15-67-20(3)54)79-48(35)84-43-38(71-24(7)58)34(17-69-22(5)56)81-50(46(43)77-30(13)64)83-39-31(14-66-19(2)53)78-47(65)44(75-28(11)62)41(39)73-26(9)60/h31-50,65H,14-17H2,1-13H3,(H,51,52)/t31-,32-,33-,34-,35-,36-,37+,38+,39-,40-,41+,42+,43+,44-,45-,46-,47?,48+,49+,50+/m1/s1. The lowest BCUT2D eigenvalue weighted by atomic mass is 9.93.